The Morgan fingerprint density at radius 1 is 1.26 bits per heavy atom. The van der Waals surface area contributed by atoms with Crippen molar-refractivity contribution in [2.75, 3.05) is 18.5 Å². The van der Waals surface area contributed by atoms with Crippen molar-refractivity contribution in [3.05, 3.63) is 35.3 Å². The van der Waals surface area contributed by atoms with E-state index < -0.39 is 6.10 Å². The van der Waals surface area contributed by atoms with E-state index in [0.29, 0.717) is 36.9 Å². The van der Waals surface area contributed by atoms with Crippen molar-refractivity contribution in [3.63, 3.8) is 0 Å². The van der Waals surface area contributed by atoms with Crippen LogP contribution in [0.4, 0.5) is 5.13 Å². The van der Waals surface area contributed by atoms with Gasteiger partial charge in [-0.1, -0.05) is 36.5 Å². The molecule has 6 nitrogen and oxygen atoms in total. The van der Waals surface area contributed by atoms with Gasteiger partial charge in [0.25, 0.3) is 5.91 Å². The predicted octanol–water partition coefficient (Wildman–Crippen LogP) is 2.91. The summed E-state index contributed by atoms with van der Waals surface area (Å²) in [5.74, 6) is 0.452. The van der Waals surface area contributed by atoms with Crippen molar-refractivity contribution in [1.82, 2.24) is 10.2 Å². The zero-order valence-corrected chi connectivity index (χ0v) is 14.1. The van der Waals surface area contributed by atoms with Gasteiger partial charge in [0, 0.05) is 13.0 Å². The second-order valence-electron chi connectivity index (χ2n) is 4.76. The monoisotopic (exact) mass is 335 g/mol. The molecule has 1 amide bonds. The lowest BCUT2D eigenvalue weighted by molar-refractivity contribution is -0.122. The van der Waals surface area contributed by atoms with Gasteiger partial charge >= 0.3 is 0 Å². The Balaban J connectivity index is 1.89. The molecule has 0 saturated carbocycles. The van der Waals surface area contributed by atoms with Crippen molar-refractivity contribution in [2.45, 2.75) is 32.8 Å². The maximum Gasteiger partial charge on any atom is 0.267 e. The zero-order valence-electron chi connectivity index (χ0n) is 13.3. The highest BCUT2D eigenvalue weighted by molar-refractivity contribution is 7.15. The number of hydrogen-bond donors (Lipinski definition) is 1. The summed E-state index contributed by atoms with van der Waals surface area (Å²) in [5.41, 5.74) is 0. The van der Waals surface area contributed by atoms with E-state index in [1.165, 1.54) is 11.3 Å². The van der Waals surface area contributed by atoms with E-state index in [1.807, 2.05) is 44.2 Å². The molecule has 23 heavy (non-hydrogen) atoms. The molecule has 0 aliphatic rings. The second-order valence-corrected chi connectivity index (χ2v) is 5.83. The minimum atomic E-state index is -0.562. The van der Waals surface area contributed by atoms with Gasteiger partial charge in [-0.05, 0) is 25.5 Å². The Labute approximate surface area is 139 Å². The van der Waals surface area contributed by atoms with Crippen LogP contribution in [-0.4, -0.2) is 35.4 Å². The maximum absolute atomic E-state index is 12.3. The number of nitrogens with zero attached hydrogens (tertiary/aromatic N) is 2. The normalized spacial score (nSPS) is 11.9. The van der Waals surface area contributed by atoms with Gasteiger partial charge in [0.15, 0.2) is 6.10 Å². The first kappa shape index (κ1) is 17.4. The lowest BCUT2D eigenvalue weighted by atomic mass is 10.2. The summed E-state index contributed by atoms with van der Waals surface area (Å²) in [6.45, 7) is 5.13. The molecule has 2 rings (SSSR count). The molecule has 1 N–H and O–H groups in total. The van der Waals surface area contributed by atoms with E-state index in [0.717, 1.165) is 5.01 Å². The molecule has 0 spiro atoms. The molecule has 2 aromatic rings. The highest BCUT2D eigenvalue weighted by atomic mass is 32.1. The molecule has 0 bridgehead atoms. The van der Waals surface area contributed by atoms with Crippen molar-refractivity contribution in [1.29, 1.82) is 0 Å². The predicted molar refractivity (Wildman–Crippen MR) is 89.9 cm³/mol. The fraction of sp³-hybridized carbons (Fsp3) is 0.438. The molecule has 7 heteroatoms. The number of rotatable bonds is 9. The molecule has 0 saturated heterocycles. The third-order valence-corrected chi connectivity index (χ3v) is 3.94. The van der Waals surface area contributed by atoms with Crippen LogP contribution in [0.2, 0.25) is 0 Å². The highest BCUT2D eigenvalue weighted by Crippen LogP contribution is 2.18. The van der Waals surface area contributed by atoms with Crippen LogP contribution < -0.4 is 10.1 Å². The quantitative estimate of drug-likeness (QED) is 0.713. The van der Waals surface area contributed by atoms with E-state index in [1.54, 1.807) is 0 Å². The van der Waals surface area contributed by atoms with Gasteiger partial charge in [-0.2, -0.15) is 0 Å². The lowest BCUT2D eigenvalue weighted by Crippen LogP contribution is -2.32. The lowest BCUT2D eigenvalue weighted by Gasteiger charge is -2.16. The van der Waals surface area contributed by atoms with Crippen LogP contribution >= 0.6 is 11.3 Å². The van der Waals surface area contributed by atoms with Crippen LogP contribution in [-0.2, 0) is 16.0 Å². The molecule has 1 aromatic heterocycles. The SMILES string of the molecule is CCOCCc1nnc(NC(=O)[C@H](CC)Oc2ccccc2)s1. The number of nitrogens with one attached hydrogen (secondary N) is 1. The average Bonchev–Trinajstić information content (AvgIpc) is 3.01. The summed E-state index contributed by atoms with van der Waals surface area (Å²) in [5, 5.41) is 12.1. The van der Waals surface area contributed by atoms with Crippen LogP contribution in [0.5, 0.6) is 5.75 Å². The minimum absolute atomic E-state index is 0.219. The molecule has 1 heterocycles. The summed E-state index contributed by atoms with van der Waals surface area (Å²) in [6.07, 6.45) is 0.698. The third-order valence-electron chi connectivity index (χ3n) is 3.05. The number of benzene rings is 1. The van der Waals surface area contributed by atoms with Gasteiger partial charge in [-0.3, -0.25) is 10.1 Å². The van der Waals surface area contributed by atoms with E-state index in [2.05, 4.69) is 15.5 Å². The number of para-hydroxylation sites is 1. The fourth-order valence-electron chi connectivity index (χ4n) is 1.88. The number of carbonyl (C=O) groups excluding carboxylic acids is 1. The molecule has 0 radical (unpaired) electrons. The number of amides is 1. The largest absolute Gasteiger partial charge is 0.481 e. The van der Waals surface area contributed by atoms with Gasteiger partial charge in [0.05, 0.1) is 6.61 Å². The Morgan fingerprint density at radius 2 is 2.04 bits per heavy atom. The second kappa shape index (κ2) is 9.22. The Kier molecular flexibility index (Phi) is 6.96. The number of carbonyl (C=O) groups is 1. The number of aromatic nitrogens is 2. The van der Waals surface area contributed by atoms with Crippen LogP contribution in [0.1, 0.15) is 25.3 Å². The average molecular weight is 335 g/mol. The Morgan fingerprint density at radius 3 is 2.74 bits per heavy atom. The van der Waals surface area contributed by atoms with Crippen LogP contribution in [0.15, 0.2) is 30.3 Å². The van der Waals surface area contributed by atoms with Gasteiger partial charge in [0.2, 0.25) is 5.13 Å². The molecule has 0 unspecified atom stereocenters. The van der Waals surface area contributed by atoms with Crippen LogP contribution in [0, 0.1) is 0 Å². The fourth-order valence-corrected chi connectivity index (χ4v) is 2.60. The van der Waals surface area contributed by atoms with E-state index >= 15 is 0 Å². The maximum atomic E-state index is 12.3. The first-order valence-electron chi connectivity index (χ1n) is 7.65. The van der Waals surface area contributed by atoms with Gasteiger partial charge < -0.3 is 9.47 Å². The van der Waals surface area contributed by atoms with Gasteiger partial charge in [-0.25, -0.2) is 0 Å². The van der Waals surface area contributed by atoms with Gasteiger partial charge in [0.1, 0.15) is 10.8 Å². The number of anilines is 1. The van der Waals surface area contributed by atoms with Crippen molar-refractivity contribution < 1.29 is 14.3 Å². The summed E-state index contributed by atoms with van der Waals surface area (Å²) < 4.78 is 11.0. The van der Waals surface area contributed by atoms with Gasteiger partial charge in [-0.15, -0.1) is 10.2 Å². The van der Waals surface area contributed by atoms with E-state index in [4.69, 9.17) is 9.47 Å². The Bertz CT molecular complexity index is 604. The van der Waals surface area contributed by atoms with Crippen molar-refractivity contribution in [3.8, 4) is 5.75 Å². The van der Waals surface area contributed by atoms with Crippen molar-refractivity contribution >= 4 is 22.4 Å². The molecule has 1 aromatic carbocycles. The molecule has 0 aliphatic carbocycles. The summed E-state index contributed by atoms with van der Waals surface area (Å²) in [4.78, 5) is 12.3. The standard InChI is InChI=1S/C16H21N3O3S/c1-3-13(22-12-8-6-5-7-9-12)15(20)17-16-19-18-14(23-16)10-11-21-4-2/h5-9,13H,3-4,10-11H2,1-2H3,(H,17,19,20)/t13-/m0/s1. The first-order chi connectivity index (χ1) is 11.2. The van der Waals surface area contributed by atoms with Crippen LogP contribution in [0.3, 0.4) is 0 Å². The molecule has 0 aliphatic heterocycles. The summed E-state index contributed by atoms with van der Waals surface area (Å²) in [7, 11) is 0. The van der Waals surface area contributed by atoms with Crippen molar-refractivity contribution in [2.24, 2.45) is 0 Å². The van der Waals surface area contributed by atoms with E-state index in [-0.39, 0.29) is 5.91 Å². The zero-order chi connectivity index (χ0) is 16.5. The topological polar surface area (TPSA) is 73.3 Å². The molecule has 1 atom stereocenters. The molecule has 124 valence electrons. The minimum Gasteiger partial charge on any atom is -0.481 e. The first-order valence-corrected chi connectivity index (χ1v) is 8.47. The van der Waals surface area contributed by atoms with Crippen LogP contribution in [0.25, 0.3) is 0 Å². The highest BCUT2D eigenvalue weighted by Gasteiger charge is 2.20. The number of hydrogen-bond acceptors (Lipinski definition) is 6. The molecular formula is C16H21N3O3S. The molecule has 0 fully saturated rings. The number of ether oxygens (including phenoxy) is 2. The summed E-state index contributed by atoms with van der Waals surface area (Å²) >= 11 is 1.36. The third kappa shape index (κ3) is 5.61. The smallest absolute Gasteiger partial charge is 0.267 e. The molecular weight excluding hydrogens is 314 g/mol. The van der Waals surface area contributed by atoms with E-state index in [9.17, 15) is 4.79 Å². The Hall–Kier alpha value is -1.99. The summed E-state index contributed by atoms with van der Waals surface area (Å²) in [6, 6.07) is 9.29.